The molecule has 1 aliphatic rings. The molecule has 2 aromatic rings. The monoisotopic (exact) mass is 372 g/mol. The number of ether oxygens (including phenoxy) is 1. The molecule has 1 amide bonds. The van der Waals surface area contributed by atoms with E-state index in [9.17, 15) is 9.59 Å². The summed E-state index contributed by atoms with van der Waals surface area (Å²) in [5.74, 6) is 0.129. The van der Waals surface area contributed by atoms with E-state index in [2.05, 4.69) is 5.32 Å². The lowest BCUT2D eigenvalue weighted by molar-refractivity contribution is -0.125. The number of hydrogen-bond donors (Lipinski definition) is 1. The van der Waals surface area contributed by atoms with Crippen LogP contribution in [-0.4, -0.2) is 29.1 Å². The first-order valence-corrected chi connectivity index (χ1v) is 9.70. The molecule has 1 N–H and O–H groups in total. The first-order chi connectivity index (χ1) is 13.0. The number of aromatic nitrogens is 1. The van der Waals surface area contributed by atoms with Gasteiger partial charge in [0, 0.05) is 17.4 Å². The van der Waals surface area contributed by atoms with Crippen molar-refractivity contribution in [3.05, 3.63) is 47.2 Å². The number of furan rings is 1. The third-order valence-electron chi connectivity index (χ3n) is 5.24. The third-order valence-corrected chi connectivity index (χ3v) is 5.24. The van der Waals surface area contributed by atoms with Gasteiger partial charge in [0.1, 0.15) is 5.76 Å². The van der Waals surface area contributed by atoms with E-state index in [1.54, 1.807) is 12.3 Å². The van der Waals surface area contributed by atoms with Gasteiger partial charge in [-0.15, -0.1) is 0 Å². The molecule has 27 heavy (non-hydrogen) atoms. The maximum atomic E-state index is 12.4. The molecule has 1 aliphatic carbocycles. The van der Waals surface area contributed by atoms with E-state index in [4.69, 9.17) is 9.15 Å². The van der Waals surface area contributed by atoms with Crippen LogP contribution in [0.15, 0.2) is 28.9 Å². The summed E-state index contributed by atoms with van der Waals surface area (Å²) in [6.45, 7) is 4.13. The van der Waals surface area contributed by atoms with Crippen LogP contribution in [0.3, 0.4) is 0 Å². The molecule has 0 aliphatic heterocycles. The van der Waals surface area contributed by atoms with Gasteiger partial charge in [-0.1, -0.05) is 25.7 Å². The molecule has 1 fully saturated rings. The quantitative estimate of drug-likeness (QED) is 0.619. The average molecular weight is 372 g/mol. The molecule has 2 aromatic heterocycles. The molecule has 2 heterocycles. The van der Waals surface area contributed by atoms with Crippen molar-refractivity contribution in [3.8, 4) is 0 Å². The van der Waals surface area contributed by atoms with Crippen LogP contribution in [0.25, 0.3) is 0 Å². The highest BCUT2D eigenvalue weighted by Crippen LogP contribution is 2.19. The van der Waals surface area contributed by atoms with Gasteiger partial charge in [-0.3, -0.25) is 4.79 Å². The molecule has 6 nitrogen and oxygen atoms in total. The van der Waals surface area contributed by atoms with Crippen molar-refractivity contribution in [2.45, 2.75) is 65.0 Å². The smallest absolute Gasteiger partial charge is 0.340 e. The molecule has 0 spiro atoms. The van der Waals surface area contributed by atoms with E-state index in [1.807, 2.05) is 30.5 Å². The van der Waals surface area contributed by atoms with E-state index in [-0.39, 0.29) is 18.6 Å². The zero-order valence-corrected chi connectivity index (χ0v) is 16.1. The van der Waals surface area contributed by atoms with E-state index in [0.29, 0.717) is 12.1 Å². The second-order valence-corrected chi connectivity index (χ2v) is 7.28. The van der Waals surface area contributed by atoms with Gasteiger partial charge in [0.25, 0.3) is 5.91 Å². The molecule has 0 radical (unpaired) electrons. The molecule has 6 heteroatoms. The van der Waals surface area contributed by atoms with Gasteiger partial charge < -0.3 is 19.0 Å². The summed E-state index contributed by atoms with van der Waals surface area (Å²) in [5, 5.41) is 2.99. The second kappa shape index (κ2) is 8.93. The van der Waals surface area contributed by atoms with Crippen LogP contribution in [0.2, 0.25) is 0 Å². The molecule has 1 saturated carbocycles. The topological polar surface area (TPSA) is 73.5 Å². The fourth-order valence-corrected chi connectivity index (χ4v) is 3.71. The summed E-state index contributed by atoms with van der Waals surface area (Å²) < 4.78 is 12.6. The maximum Gasteiger partial charge on any atom is 0.340 e. The van der Waals surface area contributed by atoms with Crippen LogP contribution in [0.1, 0.15) is 66.0 Å². The van der Waals surface area contributed by atoms with Gasteiger partial charge >= 0.3 is 5.97 Å². The summed E-state index contributed by atoms with van der Waals surface area (Å²) in [7, 11) is 0. The summed E-state index contributed by atoms with van der Waals surface area (Å²) in [6.07, 6.45) is 8.40. The maximum absolute atomic E-state index is 12.4. The fourth-order valence-electron chi connectivity index (χ4n) is 3.71. The highest BCUT2D eigenvalue weighted by Gasteiger charge is 2.20. The van der Waals surface area contributed by atoms with Gasteiger partial charge in [-0.2, -0.15) is 0 Å². The summed E-state index contributed by atoms with van der Waals surface area (Å²) >= 11 is 0. The Morgan fingerprint density at radius 1 is 1.22 bits per heavy atom. The lowest BCUT2D eigenvalue weighted by Crippen LogP contribution is -2.37. The number of hydrogen-bond acceptors (Lipinski definition) is 4. The van der Waals surface area contributed by atoms with Crippen LogP contribution >= 0.6 is 0 Å². The van der Waals surface area contributed by atoms with Gasteiger partial charge in [0.2, 0.25) is 0 Å². The van der Waals surface area contributed by atoms with Crippen molar-refractivity contribution in [1.29, 1.82) is 0 Å². The van der Waals surface area contributed by atoms with Crippen molar-refractivity contribution in [1.82, 2.24) is 9.88 Å². The van der Waals surface area contributed by atoms with Crippen molar-refractivity contribution >= 4 is 11.9 Å². The Kier molecular flexibility index (Phi) is 6.37. The molecule has 146 valence electrons. The van der Waals surface area contributed by atoms with Crippen LogP contribution in [0, 0.1) is 13.8 Å². The zero-order valence-electron chi connectivity index (χ0n) is 16.1. The number of carbonyl (C=O) groups excluding carboxylic acids is 2. The van der Waals surface area contributed by atoms with E-state index >= 15 is 0 Å². The minimum absolute atomic E-state index is 0.206. The molecule has 0 bridgehead atoms. The normalized spacial score (nSPS) is 15.3. The number of rotatable bonds is 6. The highest BCUT2D eigenvalue weighted by molar-refractivity contribution is 5.92. The summed E-state index contributed by atoms with van der Waals surface area (Å²) in [5.41, 5.74) is 2.23. The Hall–Kier alpha value is -2.50. The SMILES string of the molecule is Cc1cc(C(=O)OCC(=O)NC2CCCCCC2)c(C)n1Cc1ccco1. The van der Waals surface area contributed by atoms with Crippen LogP contribution < -0.4 is 5.32 Å². The van der Waals surface area contributed by atoms with Crippen molar-refractivity contribution < 1.29 is 18.7 Å². The van der Waals surface area contributed by atoms with E-state index in [0.717, 1.165) is 42.8 Å². The summed E-state index contributed by atoms with van der Waals surface area (Å²) in [4.78, 5) is 24.6. The van der Waals surface area contributed by atoms with Gasteiger partial charge in [-0.25, -0.2) is 4.79 Å². The largest absolute Gasteiger partial charge is 0.467 e. The fraction of sp³-hybridized carbons (Fsp3) is 0.524. The first-order valence-electron chi connectivity index (χ1n) is 9.70. The van der Waals surface area contributed by atoms with Crippen molar-refractivity contribution in [3.63, 3.8) is 0 Å². The zero-order chi connectivity index (χ0) is 19.2. The third kappa shape index (κ3) is 5.02. The number of carbonyl (C=O) groups is 2. The predicted octanol–water partition coefficient (Wildman–Crippen LogP) is 3.74. The number of aryl methyl sites for hydroxylation is 1. The van der Waals surface area contributed by atoms with Gasteiger partial charge in [0.05, 0.1) is 18.4 Å². The van der Waals surface area contributed by atoms with E-state index in [1.165, 1.54) is 12.8 Å². The molecule has 0 unspecified atom stereocenters. The standard InChI is InChI=1S/C21H28N2O4/c1-15-12-19(16(2)23(15)13-18-10-7-11-26-18)21(25)27-14-20(24)22-17-8-5-3-4-6-9-17/h7,10-12,17H,3-6,8-9,13-14H2,1-2H3,(H,22,24). The molecular weight excluding hydrogens is 344 g/mol. The minimum Gasteiger partial charge on any atom is -0.467 e. The van der Waals surface area contributed by atoms with Crippen LogP contribution in [0.4, 0.5) is 0 Å². The summed E-state index contributed by atoms with van der Waals surface area (Å²) in [6, 6.07) is 5.74. The van der Waals surface area contributed by atoms with Gasteiger partial charge in [0.15, 0.2) is 6.61 Å². The minimum atomic E-state index is -0.468. The Labute approximate surface area is 159 Å². The number of amides is 1. The number of nitrogens with zero attached hydrogens (tertiary/aromatic N) is 1. The Morgan fingerprint density at radius 3 is 2.63 bits per heavy atom. The first kappa shape index (κ1) is 19.3. The Morgan fingerprint density at radius 2 is 1.96 bits per heavy atom. The lowest BCUT2D eigenvalue weighted by atomic mass is 10.1. The number of nitrogens with one attached hydrogen (secondary N) is 1. The predicted molar refractivity (Wildman–Crippen MR) is 102 cm³/mol. The van der Waals surface area contributed by atoms with Crippen LogP contribution in [-0.2, 0) is 16.1 Å². The van der Waals surface area contributed by atoms with Crippen molar-refractivity contribution in [2.24, 2.45) is 0 Å². The van der Waals surface area contributed by atoms with Crippen molar-refractivity contribution in [2.75, 3.05) is 6.61 Å². The molecule has 3 rings (SSSR count). The van der Waals surface area contributed by atoms with E-state index < -0.39 is 5.97 Å². The second-order valence-electron chi connectivity index (χ2n) is 7.28. The Balaban J connectivity index is 1.55. The Bertz CT molecular complexity index is 768. The number of esters is 1. The highest BCUT2D eigenvalue weighted by atomic mass is 16.5. The molecule has 0 atom stereocenters. The molecular formula is C21H28N2O4. The van der Waals surface area contributed by atoms with Gasteiger partial charge in [-0.05, 0) is 44.9 Å². The molecule has 0 aromatic carbocycles. The lowest BCUT2D eigenvalue weighted by Gasteiger charge is -2.16. The molecule has 0 saturated heterocycles. The van der Waals surface area contributed by atoms with Crippen LogP contribution in [0.5, 0.6) is 0 Å². The average Bonchev–Trinajstić information content (AvgIpc) is 3.16.